The maximum absolute atomic E-state index is 10.5. The number of rotatable bonds is 9. The van der Waals surface area contributed by atoms with Crippen molar-refractivity contribution in [3.8, 4) is 5.75 Å². The summed E-state index contributed by atoms with van der Waals surface area (Å²) in [6, 6.07) is 11.8. The maximum atomic E-state index is 10.5. The first kappa shape index (κ1) is 18.3. The molecule has 0 saturated heterocycles. The molecule has 0 aliphatic heterocycles. The smallest absolute Gasteiger partial charge is 0.303 e. The zero-order valence-electron chi connectivity index (χ0n) is 14.1. The second-order valence-electron chi connectivity index (χ2n) is 5.81. The molecule has 0 spiro atoms. The summed E-state index contributed by atoms with van der Waals surface area (Å²) in [5, 5.41) is 10.2. The van der Waals surface area contributed by atoms with Gasteiger partial charge in [-0.2, -0.15) is 0 Å². The molecule has 2 aromatic rings. The number of pyridine rings is 1. The van der Waals surface area contributed by atoms with Crippen molar-refractivity contribution >= 4 is 17.7 Å². The van der Waals surface area contributed by atoms with Crippen LogP contribution in [0.15, 0.2) is 47.6 Å². The van der Waals surface area contributed by atoms with Crippen LogP contribution in [0.1, 0.15) is 37.8 Å². The largest absolute Gasteiger partial charge is 0.489 e. The highest BCUT2D eigenvalue weighted by atomic mass is 32.2. The average molecular weight is 345 g/mol. The predicted molar refractivity (Wildman–Crippen MR) is 96.6 cm³/mol. The van der Waals surface area contributed by atoms with Crippen LogP contribution in [0.2, 0.25) is 0 Å². The van der Waals surface area contributed by atoms with Gasteiger partial charge in [-0.25, -0.2) is 4.98 Å². The number of thioether (sulfide) groups is 1. The molecule has 4 nitrogen and oxygen atoms in total. The Hall–Kier alpha value is -2.01. The number of aromatic nitrogens is 1. The molecular formula is C19H23NO3S. The van der Waals surface area contributed by atoms with Crippen molar-refractivity contribution in [1.29, 1.82) is 0 Å². The summed E-state index contributed by atoms with van der Waals surface area (Å²) in [6.45, 7) is 4.78. The molecule has 1 aromatic carbocycles. The molecule has 2 rings (SSSR count). The molecule has 0 atom stereocenters. The van der Waals surface area contributed by atoms with Crippen LogP contribution in [0, 0.1) is 0 Å². The molecule has 24 heavy (non-hydrogen) atoms. The molecule has 0 aliphatic rings. The summed E-state index contributed by atoms with van der Waals surface area (Å²) in [6.07, 6.45) is 3.43. The van der Waals surface area contributed by atoms with Crippen molar-refractivity contribution in [3.63, 3.8) is 0 Å². The van der Waals surface area contributed by atoms with Gasteiger partial charge >= 0.3 is 5.97 Å². The van der Waals surface area contributed by atoms with Crippen molar-refractivity contribution in [2.45, 2.75) is 50.0 Å². The predicted octanol–water partition coefficient (Wildman–Crippen LogP) is 4.57. The fourth-order valence-electron chi connectivity index (χ4n) is 2.22. The van der Waals surface area contributed by atoms with Gasteiger partial charge in [-0.3, -0.25) is 4.79 Å². The Morgan fingerprint density at radius 3 is 2.67 bits per heavy atom. The van der Waals surface area contributed by atoms with Crippen molar-refractivity contribution in [3.05, 3.63) is 53.7 Å². The zero-order valence-corrected chi connectivity index (χ0v) is 14.9. The van der Waals surface area contributed by atoms with E-state index in [4.69, 9.17) is 9.84 Å². The monoisotopic (exact) mass is 345 g/mol. The number of aryl methyl sites for hydroxylation is 1. The lowest BCUT2D eigenvalue weighted by Gasteiger charge is -2.11. The molecule has 0 aliphatic carbocycles. The number of hydrogen-bond acceptors (Lipinski definition) is 4. The SMILES string of the molecule is CC(C)Sc1ncccc1COc1ccc(CCCC(=O)O)cc1. The van der Waals surface area contributed by atoms with Crippen molar-refractivity contribution in [2.24, 2.45) is 0 Å². The highest BCUT2D eigenvalue weighted by Crippen LogP contribution is 2.25. The second kappa shape index (κ2) is 9.33. The van der Waals surface area contributed by atoms with Gasteiger partial charge in [0.1, 0.15) is 17.4 Å². The van der Waals surface area contributed by atoms with E-state index in [-0.39, 0.29) is 6.42 Å². The Kier molecular flexibility index (Phi) is 7.12. The van der Waals surface area contributed by atoms with Crippen LogP contribution >= 0.6 is 11.8 Å². The first-order chi connectivity index (χ1) is 11.5. The number of nitrogens with zero attached hydrogens (tertiary/aromatic N) is 1. The third-order valence-corrected chi connectivity index (χ3v) is 4.43. The number of carboxylic acids is 1. The van der Waals surface area contributed by atoms with E-state index in [0.717, 1.165) is 28.3 Å². The molecule has 5 heteroatoms. The lowest BCUT2D eigenvalue weighted by atomic mass is 10.1. The van der Waals surface area contributed by atoms with Crippen LogP contribution in [-0.4, -0.2) is 21.3 Å². The summed E-state index contributed by atoms with van der Waals surface area (Å²) in [5.41, 5.74) is 2.21. The van der Waals surface area contributed by atoms with Gasteiger partial charge in [0.15, 0.2) is 0 Å². The van der Waals surface area contributed by atoms with Crippen molar-refractivity contribution in [1.82, 2.24) is 4.98 Å². The van der Waals surface area contributed by atoms with E-state index < -0.39 is 5.97 Å². The van der Waals surface area contributed by atoms with E-state index in [2.05, 4.69) is 18.8 Å². The molecule has 1 aromatic heterocycles. The summed E-state index contributed by atoms with van der Waals surface area (Å²) >= 11 is 1.73. The molecular weight excluding hydrogens is 322 g/mol. The minimum atomic E-state index is -0.749. The second-order valence-corrected chi connectivity index (χ2v) is 7.38. The van der Waals surface area contributed by atoms with Gasteiger partial charge in [0.25, 0.3) is 0 Å². The van der Waals surface area contributed by atoms with Gasteiger partial charge in [-0.15, -0.1) is 11.8 Å². The number of aliphatic carboxylic acids is 1. The lowest BCUT2D eigenvalue weighted by Crippen LogP contribution is -2.00. The van der Waals surface area contributed by atoms with E-state index in [1.165, 1.54) is 0 Å². The van der Waals surface area contributed by atoms with E-state index in [1.54, 1.807) is 18.0 Å². The zero-order chi connectivity index (χ0) is 17.4. The molecule has 0 bridgehead atoms. The molecule has 128 valence electrons. The van der Waals surface area contributed by atoms with E-state index in [9.17, 15) is 4.79 Å². The Bertz CT molecular complexity index is 656. The van der Waals surface area contributed by atoms with Gasteiger partial charge < -0.3 is 9.84 Å². The Morgan fingerprint density at radius 1 is 1.25 bits per heavy atom. The minimum absolute atomic E-state index is 0.204. The van der Waals surface area contributed by atoms with E-state index >= 15 is 0 Å². The van der Waals surface area contributed by atoms with Crippen molar-refractivity contribution < 1.29 is 14.6 Å². The van der Waals surface area contributed by atoms with Gasteiger partial charge in [0, 0.05) is 23.4 Å². The first-order valence-corrected chi connectivity index (χ1v) is 8.96. The van der Waals surface area contributed by atoms with Gasteiger partial charge in [-0.05, 0) is 36.6 Å². The van der Waals surface area contributed by atoms with Gasteiger partial charge in [-0.1, -0.05) is 32.0 Å². The summed E-state index contributed by atoms with van der Waals surface area (Å²) in [4.78, 5) is 15.0. The number of hydrogen-bond donors (Lipinski definition) is 1. The number of ether oxygens (including phenoxy) is 1. The van der Waals surface area contributed by atoms with Crippen LogP contribution in [-0.2, 0) is 17.8 Å². The van der Waals surface area contributed by atoms with Gasteiger partial charge in [0.05, 0.1) is 0 Å². The van der Waals surface area contributed by atoms with Gasteiger partial charge in [0.2, 0.25) is 0 Å². The molecule has 1 heterocycles. The average Bonchev–Trinajstić information content (AvgIpc) is 2.54. The van der Waals surface area contributed by atoms with Crippen LogP contribution in [0.25, 0.3) is 0 Å². The van der Waals surface area contributed by atoms with E-state index in [1.807, 2.05) is 36.4 Å². The molecule has 0 unspecified atom stereocenters. The molecule has 0 radical (unpaired) electrons. The highest BCUT2D eigenvalue weighted by molar-refractivity contribution is 7.99. The maximum Gasteiger partial charge on any atom is 0.303 e. The normalized spacial score (nSPS) is 10.8. The molecule has 0 fully saturated rings. The number of benzene rings is 1. The third kappa shape index (κ3) is 6.24. The molecule has 0 saturated carbocycles. The Morgan fingerprint density at radius 2 is 2.00 bits per heavy atom. The minimum Gasteiger partial charge on any atom is -0.489 e. The highest BCUT2D eigenvalue weighted by Gasteiger charge is 2.07. The van der Waals surface area contributed by atoms with Crippen LogP contribution in [0.5, 0.6) is 5.75 Å². The van der Waals surface area contributed by atoms with Crippen molar-refractivity contribution in [2.75, 3.05) is 0 Å². The first-order valence-electron chi connectivity index (χ1n) is 8.08. The van der Waals surface area contributed by atoms with Crippen LogP contribution in [0.3, 0.4) is 0 Å². The standard InChI is InChI=1S/C19H23NO3S/c1-14(2)24-19-16(6-4-12-20-19)13-23-17-10-8-15(9-11-17)5-3-7-18(21)22/h4,6,8-12,14H,3,5,7,13H2,1-2H3,(H,21,22). The number of carboxylic acid groups (broad SMARTS) is 1. The van der Waals surface area contributed by atoms with E-state index in [0.29, 0.717) is 18.3 Å². The fourth-order valence-corrected chi connectivity index (χ4v) is 3.07. The van der Waals surface area contributed by atoms with Crippen LogP contribution < -0.4 is 4.74 Å². The topological polar surface area (TPSA) is 59.4 Å². The van der Waals surface area contributed by atoms with Crippen LogP contribution in [0.4, 0.5) is 0 Å². The lowest BCUT2D eigenvalue weighted by molar-refractivity contribution is -0.137. The Labute approximate surface area is 147 Å². The molecule has 1 N–H and O–H groups in total. The Balaban J connectivity index is 1.89. The number of carbonyl (C=O) groups is 1. The quantitative estimate of drug-likeness (QED) is 0.675. The summed E-state index contributed by atoms with van der Waals surface area (Å²) in [7, 11) is 0. The summed E-state index contributed by atoms with van der Waals surface area (Å²) in [5.74, 6) is 0.0582. The fraction of sp³-hybridized carbons (Fsp3) is 0.368. The summed E-state index contributed by atoms with van der Waals surface area (Å²) < 4.78 is 5.86. The molecule has 0 amide bonds. The third-order valence-electron chi connectivity index (χ3n) is 3.37.